The molecule has 15 heavy (non-hydrogen) atoms. The third-order valence-corrected chi connectivity index (χ3v) is 3.80. The van der Waals surface area contributed by atoms with Crippen molar-refractivity contribution in [2.45, 2.75) is 31.8 Å². The van der Waals surface area contributed by atoms with Crippen molar-refractivity contribution < 1.29 is 0 Å². The standard InChI is InChI=1S/C13H18N2/c14-12-6-2-1-4-11(12)9-15-7-3-5-10-8-13(10)15/h1-2,4,6,10,13H,3,5,7-9,14H2. The Morgan fingerprint density at radius 1 is 1.33 bits per heavy atom. The van der Waals surface area contributed by atoms with Crippen LogP contribution in [0.25, 0.3) is 0 Å². The van der Waals surface area contributed by atoms with Crippen molar-refractivity contribution in [1.29, 1.82) is 0 Å². The summed E-state index contributed by atoms with van der Waals surface area (Å²) in [6, 6.07) is 9.12. The Morgan fingerprint density at radius 2 is 2.20 bits per heavy atom. The van der Waals surface area contributed by atoms with Gasteiger partial charge in [0, 0.05) is 18.3 Å². The molecule has 1 saturated heterocycles. The highest BCUT2D eigenvalue weighted by Gasteiger charge is 2.43. The minimum atomic E-state index is 0.873. The summed E-state index contributed by atoms with van der Waals surface area (Å²) in [5.41, 5.74) is 8.21. The summed E-state index contributed by atoms with van der Waals surface area (Å²) in [4.78, 5) is 2.61. The van der Waals surface area contributed by atoms with Crippen molar-refractivity contribution in [2.75, 3.05) is 12.3 Å². The van der Waals surface area contributed by atoms with Crippen molar-refractivity contribution in [2.24, 2.45) is 5.92 Å². The monoisotopic (exact) mass is 202 g/mol. The second kappa shape index (κ2) is 3.53. The fraction of sp³-hybridized carbons (Fsp3) is 0.538. The van der Waals surface area contributed by atoms with Crippen LogP contribution < -0.4 is 5.73 Å². The number of rotatable bonds is 2. The van der Waals surface area contributed by atoms with Gasteiger partial charge in [-0.15, -0.1) is 0 Å². The van der Waals surface area contributed by atoms with Crippen LogP contribution in [0.5, 0.6) is 0 Å². The Bertz CT molecular complexity index is 361. The van der Waals surface area contributed by atoms with E-state index >= 15 is 0 Å². The van der Waals surface area contributed by atoms with Crippen LogP contribution in [0.2, 0.25) is 0 Å². The summed E-state index contributed by atoms with van der Waals surface area (Å²) in [5.74, 6) is 1.00. The number of benzene rings is 1. The number of anilines is 1. The van der Waals surface area contributed by atoms with Crippen LogP contribution in [0, 0.1) is 5.92 Å². The molecule has 2 nitrogen and oxygen atoms in total. The van der Waals surface area contributed by atoms with E-state index in [2.05, 4.69) is 17.0 Å². The Kier molecular flexibility index (Phi) is 2.17. The summed E-state index contributed by atoms with van der Waals surface area (Å²) in [6.45, 7) is 2.31. The number of nitrogens with zero attached hydrogens (tertiary/aromatic N) is 1. The summed E-state index contributed by atoms with van der Waals surface area (Å²) in [6.07, 6.45) is 4.24. The number of fused-ring (bicyclic) bond motifs is 1. The molecule has 3 rings (SSSR count). The predicted octanol–water partition coefficient (Wildman–Crippen LogP) is 2.25. The number of hydrogen-bond donors (Lipinski definition) is 1. The fourth-order valence-corrected chi connectivity index (χ4v) is 2.80. The number of likely N-dealkylation sites (tertiary alicyclic amines) is 1. The number of para-hydroxylation sites is 1. The number of hydrogen-bond acceptors (Lipinski definition) is 2. The van der Waals surface area contributed by atoms with Gasteiger partial charge in [0.05, 0.1) is 0 Å². The minimum Gasteiger partial charge on any atom is -0.398 e. The molecule has 0 aromatic heterocycles. The Balaban J connectivity index is 1.72. The van der Waals surface area contributed by atoms with E-state index in [9.17, 15) is 0 Å². The smallest absolute Gasteiger partial charge is 0.0359 e. The molecule has 1 aromatic carbocycles. The maximum Gasteiger partial charge on any atom is 0.0359 e. The van der Waals surface area contributed by atoms with E-state index in [-0.39, 0.29) is 0 Å². The average molecular weight is 202 g/mol. The topological polar surface area (TPSA) is 29.3 Å². The number of nitrogens with two attached hydrogens (primary N) is 1. The van der Waals surface area contributed by atoms with Crippen LogP contribution in [-0.2, 0) is 6.54 Å². The van der Waals surface area contributed by atoms with Gasteiger partial charge in [-0.05, 0) is 43.4 Å². The zero-order chi connectivity index (χ0) is 10.3. The van der Waals surface area contributed by atoms with Gasteiger partial charge in [0.2, 0.25) is 0 Å². The van der Waals surface area contributed by atoms with Crippen LogP contribution in [-0.4, -0.2) is 17.5 Å². The highest BCUT2D eigenvalue weighted by atomic mass is 15.2. The van der Waals surface area contributed by atoms with Crippen LogP contribution >= 0.6 is 0 Å². The third kappa shape index (κ3) is 1.74. The Morgan fingerprint density at radius 3 is 3.07 bits per heavy atom. The average Bonchev–Trinajstić information content (AvgIpc) is 3.01. The van der Waals surface area contributed by atoms with Gasteiger partial charge in [-0.1, -0.05) is 18.2 Å². The molecular weight excluding hydrogens is 184 g/mol. The summed E-state index contributed by atoms with van der Waals surface area (Å²) in [5, 5.41) is 0. The van der Waals surface area contributed by atoms with Crippen molar-refractivity contribution in [3.63, 3.8) is 0 Å². The molecule has 0 spiro atoms. The molecule has 80 valence electrons. The van der Waals surface area contributed by atoms with Crippen LogP contribution in [0.4, 0.5) is 5.69 Å². The first-order chi connectivity index (χ1) is 7.34. The second-order valence-electron chi connectivity index (χ2n) is 4.87. The summed E-state index contributed by atoms with van der Waals surface area (Å²) < 4.78 is 0. The molecule has 1 aliphatic carbocycles. The normalized spacial score (nSPS) is 29.9. The van der Waals surface area contributed by atoms with Crippen molar-refractivity contribution >= 4 is 5.69 Å². The van der Waals surface area contributed by atoms with Crippen molar-refractivity contribution in [3.8, 4) is 0 Å². The second-order valence-corrected chi connectivity index (χ2v) is 4.87. The van der Waals surface area contributed by atoms with E-state index in [1.165, 1.54) is 31.4 Å². The van der Waals surface area contributed by atoms with Gasteiger partial charge in [0.1, 0.15) is 0 Å². The lowest BCUT2D eigenvalue weighted by Crippen LogP contribution is -2.31. The lowest BCUT2D eigenvalue weighted by atomic mass is 10.1. The maximum atomic E-state index is 5.97. The van der Waals surface area contributed by atoms with E-state index in [0.29, 0.717) is 0 Å². The van der Waals surface area contributed by atoms with Crippen molar-refractivity contribution in [3.05, 3.63) is 29.8 Å². The minimum absolute atomic E-state index is 0.873. The highest BCUT2D eigenvalue weighted by molar-refractivity contribution is 5.46. The first kappa shape index (κ1) is 9.22. The highest BCUT2D eigenvalue weighted by Crippen LogP contribution is 2.43. The fourth-order valence-electron chi connectivity index (χ4n) is 2.80. The predicted molar refractivity (Wildman–Crippen MR) is 62.4 cm³/mol. The molecule has 1 saturated carbocycles. The quantitative estimate of drug-likeness (QED) is 0.745. The molecule has 2 fully saturated rings. The molecule has 0 bridgehead atoms. The van der Waals surface area contributed by atoms with E-state index in [1.807, 2.05) is 12.1 Å². The van der Waals surface area contributed by atoms with Gasteiger partial charge < -0.3 is 5.73 Å². The van der Waals surface area contributed by atoms with Crippen molar-refractivity contribution in [1.82, 2.24) is 4.90 Å². The third-order valence-electron chi connectivity index (χ3n) is 3.80. The Labute approximate surface area is 91.1 Å². The van der Waals surface area contributed by atoms with Gasteiger partial charge in [-0.3, -0.25) is 4.90 Å². The molecule has 2 unspecified atom stereocenters. The van der Waals surface area contributed by atoms with Gasteiger partial charge >= 0.3 is 0 Å². The lowest BCUT2D eigenvalue weighted by molar-refractivity contribution is 0.207. The van der Waals surface area contributed by atoms with Gasteiger partial charge in [-0.2, -0.15) is 0 Å². The van der Waals surface area contributed by atoms with E-state index in [1.54, 1.807) is 0 Å². The van der Waals surface area contributed by atoms with Gasteiger partial charge in [-0.25, -0.2) is 0 Å². The number of nitrogen functional groups attached to an aromatic ring is 1. The first-order valence-corrected chi connectivity index (χ1v) is 5.92. The van der Waals surface area contributed by atoms with E-state index < -0.39 is 0 Å². The summed E-state index contributed by atoms with van der Waals surface area (Å²) in [7, 11) is 0. The van der Waals surface area contributed by atoms with Gasteiger partial charge in [0.15, 0.2) is 0 Å². The van der Waals surface area contributed by atoms with E-state index in [0.717, 1.165) is 24.2 Å². The first-order valence-electron chi connectivity index (χ1n) is 5.92. The molecule has 2 aliphatic rings. The molecule has 1 heterocycles. The molecule has 2 N–H and O–H groups in total. The largest absolute Gasteiger partial charge is 0.398 e. The molecule has 2 heteroatoms. The zero-order valence-corrected chi connectivity index (χ0v) is 9.02. The molecule has 1 aliphatic heterocycles. The van der Waals surface area contributed by atoms with Crippen LogP contribution in [0.3, 0.4) is 0 Å². The van der Waals surface area contributed by atoms with Crippen LogP contribution in [0.1, 0.15) is 24.8 Å². The van der Waals surface area contributed by atoms with Gasteiger partial charge in [0.25, 0.3) is 0 Å². The number of piperidine rings is 1. The lowest BCUT2D eigenvalue weighted by Gasteiger charge is -2.26. The van der Waals surface area contributed by atoms with E-state index in [4.69, 9.17) is 5.73 Å². The molecule has 0 amide bonds. The maximum absolute atomic E-state index is 5.97. The molecular formula is C13H18N2. The zero-order valence-electron chi connectivity index (χ0n) is 9.02. The SMILES string of the molecule is Nc1ccccc1CN1CCCC2CC21. The molecule has 1 aromatic rings. The molecule has 2 atom stereocenters. The Hall–Kier alpha value is -1.02. The van der Waals surface area contributed by atoms with Crippen LogP contribution in [0.15, 0.2) is 24.3 Å². The summed E-state index contributed by atoms with van der Waals surface area (Å²) >= 11 is 0. The molecule has 0 radical (unpaired) electrons.